The predicted molar refractivity (Wildman–Crippen MR) is 118 cm³/mol. The van der Waals surface area contributed by atoms with E-state index in [1.54, 1.807) is 12.3 Å². The van der Waals surface area contributed by atoms with Crippen molar-refractivity contribution in [1.29, 1.82) is 0 Å². The largest absolute Gasteiger partial charge is 0.478 e. The fourth-order valence-electron chi connectivity index (χ4n) is 3.32. The van der Waals surface area contributed by atoms with Crippen molar-refractivity contribution in [2.45, 2.75) is 71.9 Å². The summed E-state index contributed by atoms with van der Waals surface area (Å²) in [7, 11) is -1.76. The standard InChI is InChI=1S/C22H34N2O4Si/c1-7-9-10-20-23-15-18(24(20)22(27-8-2)29(4,5)6)13-17(21(25)26)14-19-12-11-16(3)28-19/h11-13,15,22H,7-10,14H2,1-6H3,(H,25,26)/b17-13+. The Hall–Kier alpha value is -2.12. The first-order chi connectivity index (χ1) is 13.7. The third-order valence-electron chi connectivity index (χ3n) is 4.71. The molecule has 0 aliphatic heterocycles. The van der Waals surface area contributed by atoms with E-state index in [-0.39, 0.29) is 17.8 Å². The first-order valence-electron chi connectivity index (χ1n) is 10.3. The number of hydrogen-bond acceptors (Lipinski definition) is 4. The first kappa shape index (κ1) is 23.2. The van der Waals surface area contributed by atoms with E-state index in [4.69, 9.17) is 9.15 Å². The molecule has 2 rings (SSSR count). The van der Waals surface area contributed by atoms with Gasteiger partial charge in [0.2, 0.25) is 0 Å². The molecule has 0 fully saturated rings. The van der Waals surface area contributed by atoms with Crippen LogP contribution in [0.3, 0.4) is 0 Å². The SMILES string of the molecule is CCCCc1ncc(/C=C(\Cc2ccc(C)o2)C(=O)O)n1C(OCC)[Si](C)(C)C. The van der Waals surface area contributed by atoms with E-state index in [0.29, 0.717) is 12.4 Å². The van der Waals surface area contributed by atoms with Crippen LogP contribution in [0.5, 0.6) is 0 Å². The van der Waals surface area contributed by atoms with Crippen molar-refractivity contribution in [2.24, 2.45) is 0 Å². The molecule has 1 N–H and O–H groups in total. The number of rotatable bonds is 11. The third-order valence-corrected chi connectivity index (χ3v) is 6.62. The highest BCUT2D eigenvalue weighted by atomic mass is 28.3. The number of carboxylic acids is 1. The van der Waals surface area contributed by atoms with E-state index in [0.717, 1.165) is 36.5 Å². The molecule has 29 heavy (non-hydrogen) atoms. The second-order valence-electron chi connectivity index (χ2n) is 8.41. The van der Waals surface area contributed by atoms with Gasteiger partial charge in [0.05, 0.1) is 11.9 Å². The van der Waals surface area contributed by atoms with Crippen LogP contribution < -0.4 is 0 Å². The Morgan fingerprint density at radius 3 is 2.59 bits per heavy atom. The van der Waals surface area contributed by atoms with Gasteiger partial charge in [-0.05, 0) is 38.5 Å². The molecule has 0 bridgehead atoms. The van der Waals surface area contributed by atoms with Gasteiger partial charge in [0.15, 0.2) is 0 Å². The smallest absolute Gasteiger partial charge is 0.332 e. The molecule has 0 spiro atoms. The van der Waals surface area contributed by atoms with Crippen molar-refractivity contribution < 1.29 is 19.1 Å². The van der Waals surface area contributed by atoms with Crippen LogP contribution >= 0.6 is 0 Å². The highest BCUT2D eigenvalue weighted by molar-refractivity contribution is 6.76. The Balaban J connectivity index is 2.52. The normalized spacial score (nSPS) is 13.7. The summed E-state index contributed by atoms with van der Waals surface area (Å²) >= 11 is 0. The zero-order valence-corrected chi connectivity index (χ0v) is 19.5. The summed E-state index contributed by atoms with van der Waals surface area (Å²) < 4.78 is 13.9. The van der Waals surface area contributed by atoms with E-state index >= 15 is 0 Å². The zero-order chi connectivity index (χ0) is 21.6. The lowest BCUT2D eigenvalue weighted by Crippen LogP contribution is -2.38. The molecule has 0 aliphatic rings. The van der Waals surface area contributed by atoms with Gasteiger partial charge in [-0.3, -0.25) is 0 Å². The molecule has 7 heteroatoms. The van der Waals surface area contributed by atoms with Crippen molar-refractivity contribution in [3.05, 3.63) is 46.9 Å². The van der Waals surface area contributed by atoms with E-state index in [2.05, 4.69) is 36.1 Å². The van der Waals surface area contributed by atoms with Crippen molar-refractivity contribution in [3.8, 4) is 0 Å². The number of hydrogen-bond donors (Lipinski definition) is 1. The van der Waals surface area contributed by atoms with Gasteiger partial charge in [-0.1, -0.05) is 33.0 Å². The van der Waals surface area contributed by atoms with Crippen LogP contribution in [0.1, 0.15) is 55.6 Å². The van der Waals surface area contributed by atoms with Gasteiger partial charge >= 0.3 is 5.97 Å². The molecule has 0 saturated heterocycles. The van der Waals surface area contributed by atoms with Gasteiger partial charge in [-0.2, -0.15) is 0 Å². The summed E-state index contributed by atoms with van der Waals surface area (Å²) in [6.07, 6.45) is 6.66. The van der Waals surface area contributed by atoms with Crippen LogP contribution in [-0.2, 0) is 22.4 Å². The van der Waals surface area contributed by atoms with E-state index in [1.165, 1.54) is 0 Å². The van der Waals surface area contributed by atoms with E-state index in [9.17, 15) is 9.90 Å². The first-order valence-corrected chi connectivity index (χ1v) is 13.9. The van der Waals surface area contributed by atoms with E-state index in [1.807, 2.05) is 26.0 Å². The minimum atomic E-state index is -1.76. The van der Waals surface area contributed by atoms with Crippen LogP contribution in [0, 0.1) is 6.92 Å². The summed E-state index contributed by atoms with van der Waals surface area (Å²) in [6.45, 7) is 13.4. The van der Waals surface area contributed by atoms with Gasteiger partial charge < -0.3 is 18.8 Å². The van der Waals surface area contributed by atoms with Crippen LogP contribution in [0.2, 0.25) is 19.6 Å². The van der Waals surface area contributed by atoms with Crippen LogP contribution in [0.4, 0.5) is 0 Å². The lowest BCUT2D eigenvalue weighted by molar-refractivity contribution is -0.132. The molecule has 0 aromatic carbocycles. The molecule has 2 heterocycles. The van der Waals surface area contributed by atoms with Gasteiger partial charge in [-0.25, -0.2) is 9.78 Å². The van der Waals surface area contributed by atoms with Crippen molar-refractivity contribution in [2.75, 3.05) is 6.61 Å². The predicted octanol–water partition coefficient (Wildman–Crippen LogP) is 5.25. The van der Waals surface area contributed by atoms with Gasteiger partial charge in [-0.15, -0.1) is 0 Å². The number of nitrogens with zero attached hydrogens (tertiary/aromatic N) is 2. The molecule has 0 saturated carbocycles. The van der Waals surface area contributed by atoms with Crippen molar-refractivity contribution in [3.63, 3.8) is 0 Å². The van der Waals surface area contributed by atoms with Crippen LogP contribution in [0.15, 0.2) is 28.3 Å². The number of unbranched alkanes of at least 4 members (excludes halogenated alkanes) is 1. The highest BCUT2D eigenvalue weighted by Gasteiger charge is 2.32. The molecule has 1 atom stereocenters. The van der Waals surface area contributed by atoms with E-state index < -0.39 is 14.0 Å². The van der Waals surface area contributed by atoms with Gasteiger partial charge in [0.1, 0.15) is 31.3 Å². The topological polar surface area (TPSA) is 77.5 Å². The Bertz CT molecular complexity index is 845. The summed E-state index contributed by atoms with van der Waals surface area (Å²) in [5.41, 5.74) is 1.05. The number of furan rings is 1. The molecule has 1 unspecified atom stereocenters. The van der Waals surface area contributed by atoms with Gasteiger partial charge in [0.25, 0.3) is 0 Å². The summed E-state index contributed by atoms with van der Waals surface area (Å²) in [5, 5.41) is 9.78. The number of carboxylic acid groups (broad SMARTS) is 1. The Kier molecular flexibility index (Phi) is 8.04. The van der Waals surface area contributed by atoms with Gasteiger partial charge in [0, 0.05) is 25.0 Å². The highest BCUT2D eigenvalue weighted by Crippen LogP contribution is 2.28. The molecular formula is C22H34N2O4Si. The molecule has 2 aromatic rings. The minimum absolute atomic E-state index is 0.103. The summed E-state index contributed by atoms with van der Waals surface area (Å²) in [5.74, 6) is 1.31. The quantitative estimate of drug-likeness (QED) is 0.398. The molecule has 2 aromatic heterocycles. The van der Waals surface area contributed by atoms with Crippen molar-refractivity contribution in [1.82, 2.24) is 9.55 Å². The number of aromatic nitrogens is 2. The molecule has 160 valence electrons. The number of ether oxygens (including phenoxy) is 1. The fraction of sp³-hybridized carbons (Fsp3) is 0.545. The van der Waals surface area contributed by atoms with Crippen molar-refractivity contribution >= 4 is 20.1 Å². The summed E-state index contributed by atoms with van der Waals surface area (Å²) in [6, 6.07) is 3.67. The maximum Gasteiger partial charge on any atom is 0.332 e. The fourth-order valence-corrected chi connectivity index (χ4v) is 5.06. The Morgan fingerprint density at radius 1 is 1.34 bits per heavy atom. The average Bonchev–Trinajstić information content (AvgIpc) is 3.22. The Labute approximate surface area is 174 Å². The van der Waals surface area contributed by atoms with Crippen LogP contribution in [-0.4, -0.2) is 35.3 Å². The summed E-state index contributed by atoms with van der Waals surface area (Å²) in [4.78, 5) is 16.6. The monoisotopic (exact) mass is 418 g/mol. The number of aryl methyl sites for hydroxylation is 2. The Morgan fingerprint density at radius 2 is 2.07 bits per heavy atom. The third kappa shape index (κ3) is 6.18. The maximum atomic E-state index is 11.9. The molecular weight excluding hydrogens is 384 g/mol. The lowest BCUT2D eigenvalue weighted by atomic mass is 10.1. The second kappa shape index (κ2) is 10.1. The van der Waals surface area contributed by atoms with Crippen LogP contribution in [0.25, 0.3) is 6.08 Å². The zero-order valence-electron chi connectivity index (χ0n) is 18.5. The number of imidazole rings is 1. The number of aliphatic carboxylic acids is 1. The molecule has 0 aliphatic carbocycles. The lowest BCUT2D eigenvalue weighted by Gasteiger charge is -2.32. The average molecular weight is 419 g/mol. The molecule has 0 amide bonds. The maximum absolute atomic E-state index is 11.9. The molecule has 6 nitrogen and oxygen atoms in total. The number of carbonyl (C=O) groups is 1. The second-order valence-corrected chi connectivity index (χ2v) is 13.6. The molecule has 0 radical (unpaired) electrons. The minimum Gasteiger partial charge on any atom is -0.478 e.